The Labute approximate surface area is 288 Å². The van der Waals surface area contributed by atoms with E-state index < -0.39 is 17.1 Å². The van der Waals surface area contributed by atoms with Crippen LogP contribution in [-0.2, 0) is 9.59 Å². The first-order valence-electron chi connectivity index (χ1n) is 15.6. The molecule has 3 amide bonds. The zero-order valence-corrected chi connectivity index (χ0v) is 27.4. The first-order chi connectivity index (χ1) is 24.0. The van der Waals surface area contributed by atoms with Crippen molar-refractivity contribution in [3.8, 4) is 17.2 Å². The number of hydrogen-bond donors (Lipinski definition) is 3. The number of amides is 3. The molecular formula is C39H33N3O6S. The lowest BCUT2D eigenvalue weighted by Gasteiger charge is -2.18. The van der Waals surface area contributed by atoms with E-state index >= 15 is 0 Å². The third-order valence-corrected chi connectivity index (χ3v) is 8.66. The van der Waals surface area contributed by atoms with Crippen LogP contribution in [0.5, 0.6) is 17.2 Å². The number of nitrogens with one attached hydrogen (secondary N) is 3. The Morgan fingerprint density at radius 2 is 1.45 bits per heavy atom. The zero-order chi connectivity index (χ0) is 34.0. The van der Waals surface area contributed by atoms with Crippen LogP contribution < -0.4 is 30.2 Å². The molecule has 6 rings (SSSR count). The first-order valence-corrected chi connectivity index (χ1v) is 16.5. The third-order valence-electron chi connectivity index (χ3n) is 7.39. The second-order valence-electron chi connectivity index (χ2n) is 10.8. The lowest BCUT2D eigenvalue weighted by molar-refractivity contribution is -0.116. The fourth-order valence-corrected chi connectivity index (χ4v) is 6.04. The van der Waals surface area contributed by atoms with Crippen LogP contribution in [0, 0.1) is 0 Å². The largest absolute Gasteiger partial charge is 0.493 e. The van der Waals surface area contributed by atoms with Crippen molar-refractivity contribution in [1.29, 1.82) is 0 Å². The molecule has 9 nitrogen and oxygen atoms in total. The van der Waals surface area contributed by atoms with Gasteiger partial charge in [-0.15, -0.1) is 11.8 Å². The van der Waals surface area contributed by atoms with E-state index in [1.807, 2.05) is 73.7 Å². The summed E-state index contributed by atoms with van der Waals surface area (Å²) in [7, 11) is 0. The van der Waals surface area contributed by atoms with E-state index in [2.05, 4.69) is 16.0 Å². The molecule has 0 aliphatic carbocycles. The van der Waals surface area contributed by atoms with Gasteiger partial charge in [0.25, 0.3) is 11.8 Å². The summed E-state index contributed by atoms with van der Waals surface area (Å²) in [6.07, 6.45) is 1.59. The van der Waals surface area contributed by atoms with Crippen molar-refractivity contribution in [2.75, 3.05) is 24.0 Å². The van der Waals surface area contributed by atoms with Gasteiger partial charge in [0.15, 0.2) is 11.5 Å². The number of carbonyl (C=O) groups excluding carboxylic acids is 3. The summed E-state index contributed by atoms with van der Waals surface area (Å²) >= 11 is 1.38. The van der Waals surface area contributed by atoms with Gasteiger partial charge in [-0.05, 0) is 73.2 Å². The Hall–Kier alpha value is -6.00. The minimum atomic E-state index is -0.569. The maximum Gasteiger partial charge on any atom is 0.272 e. The van der Waals surface area contributed by atoms with Crippen molar-refractivity contribution in [1.82, 2.24) is 5.32 Å². The fourth-order valence-electron chi connectivity index (χ4n) is 5.02. The second kappa shape index (κ2) is 15.7. The average molecular weight is 672 g/mol. The van der Waals surface area contributed by atoms with Gasteiger partial charge in [-0.2, -0.15) is 0 Å². The highest BCUT2D eigenvalue weighted by molar-refractivity contribution is 8.00. The summed E-state index contributed by atoms with van der Waals surface area (Å²) in [4.78, 5) is 41.1. The van der Waals surface area contributed by atoms with Crippen molar-refractivity contribution in [2.45, 2.75) is 17.1 Å². The number of ether oxygens (including phenoxy) is 3. The Balaban J connectivity index is 1.19. The second-order valence-corrected chi connectivity index (χ2v) is 12.0. The molecular weight excluding hydrogens is 639 g/mol. The van der Waals surface area contributed by atoms with E-state index in [1.165, 1.54) is 11.8 Å². The molecule has 3 N–H and O–H groups in total. The molecule has 5 aromatic rings. The number of anilines is 2. The molecule has 246 valence electrons. The molecule has 5 aromatic carbocycles. The third kappa shape index (κ3) is 8.48. The number of rotatable bonds is 12. The number of hydrogen-bond acceptors (Lipinski definition) is 7. The summed E-state index contributed by atoms with van der Waals surface area (Å²) in [6, 6.07) is 37.9. The highest BCUT2D eigenvalue weighted by Crippen LogP contribution is 2.38. The summed E-state index contributed by atoms with van der Waals surface area (Å²) < 4.78 is 16.6. The van der Waals surface area contributed by atoms with Gasteiger partial charge in [0.05, 0.1) is 6.61 Å². The summed E-state index contributed by atoms with van der Waals surface area (Å²) in [5.74, 6) is 0.658. The Bertz CT molecular complexity index is 1970. The van der Waals surface area contributed by atoms with Crippen LogP contribution in [0.15, 0.2) is 138 Å². The van der Waals surface area contributed by atoms with Gasteiger partial charge in [0, 0.05) is 33.5 Å². The lowest BCUT2D eigenvalue weighted by Crippen LogP contribution is -2.30. The highest BCUT2D eigenvalue weighted by Gasteiger charge is 2.24. The van der Waals surface area contributed by atoms with Gasteiger partial charge in [-0.3, -0.25) is 14.4 Å². The minimum absolute atomic E-state index is 0.0452. The SMILES string of the molecule is CCOc1ccccc1/C=C(\NC(=O)c1ccccc1)C(=O)Nc1ccc(SC(C(=O)Nc2ccc3c(c2)OCO3)c2ccccc2)cc1. The maximum atomic E-state index is 13.6. The Morgan fingerprint density at radius 3 is 2.20 bits per heavy atom. The molecule has 1 atom stereocenters. The number of para-hydroxylation sites is 1. The first kappa shape index (κ1) is 32.9. The molecule has 0 radical (unpaired) electrons. The topological polar surface area (TPSA) is 115 Å². The number of fused-ring (bicyclic) bond motifs is 1. The monoisotopic (exact) mass is 671 g/mol. The molecule has 1 unspecified atom stereocenters. The predicted octanol–water partition coefficient (Wildman–Crippen LogP) is 7.70. The fraction of sp³-hybridized carbons (Fsp3) is 0.103. The highest BCUT2D eigenvalue weighted by atomic mass is 32.2. The van der Waals surface area contributed by atoms with Crippen LogP contribution in [0.2, 0.25) is 0 Å². The van der Waals surface area contributed by atoms with Crippen LogP contribution in [-0.4, -0.2) is 31.1 Å². The van der Waals surface area contributed by atoms with Crippen molar-refractivity contribution < 1.29 is 28.6 Å². The number of carbonyl (C=O) groups is 3. The van der Waals surface area contributed by atoms with Gasteiger partial charge in [0.1, 0.15) is 16.7 Å². The van der Waals surface area contributed by atoms with Crippen molar-refractivity contribution in [3.05, 3.63) is 150 Å². The van der Waals surface area contributed by atoms with Crippen LogP contribution >= 0.6 is 11.8 Å². The van der Waals surface area contributed by atoms with E-state index in [4.69, 9.17) is 14.2 Å². The molecule has 1 aliphatic heterocycles. The van der Waals surface area contributed by atoms with Crippen LogP contribution in [0.1, 0.15) is 33.7 Å². The molecule has 0 spiro atoms. The van der Waals surface area contributed by atoms with Gasteiger partial charge in [0.2, 0.25) is 12.7 Å². The molecule has 1 aliphatic rings. The number of benzene rings is 5. The minimum Gasteiger partial charge on any atom is -0.493 e. The van der Waals surface area contributed by atoms with E-state index in [1.54, 1.807) is 66.7 Å². The van der Waals surface area contributed by atoms with Crippen molar-refractivity contribution >= 4 is 46.9 Å². The summed E-state index contributed by atoms with van der Waals surface area (Å²) in [5.41, 5.74) is 3.04. The molecule has 10 heteroatoms. The standard InChI is InChI=1S/C39H33N3O6S/c1-2-46-33-16-10-9-15-28(33)23-32(42-37(43)27-13-7-4-8-14-27)38(44)40-29-17-20-31(21-18-29)49-36(26-11-5-3-6-12-26)39(45)41-30-19-22-34-35(24-30)48-25-47-34/h3-24,36H,2,25H2,1H3,(H,40,44)(H,41,45)(H,42,43)/b32-23-. The quantitative estimate of drug-likeness (QED) is 0.0920. The Morgan fingerprint density at radius 1 is 0.776 bits per heavy atom. The van der Waals surface area contributed by atoms with E-state index in [9.17, 15) is 14.4 Å². The van der Waals surface area contributed by atoms with E-state index in [-0.39, 0.29) is 18.4 Å². The molecule has 1 heterocycles. The summed E-state index contributed by atoms with van der Waals surface area (Å²) in [5, 5.41) is 8.08. The maximum absolute atomic E-state index is 13.6. The van der Waals surface area contributed by atoms with Crippen LogP contribution in [0.4, 0.5) is 11.4 Å². The van der Waals surface area contributed by atoms with E-state index in [0.717, 1.165) is 10.5 Å². The predicted molar refractivity (Wildman–Crippen MR) is 191 cm³/mol. The molecule has 0 fully saturated rings. The van der Waals surface area contributed by atoms with E-state index in [0.29, 0.717) is 46.4 Å². The van der Waals surface area contributed by atoms with Gasteiger partial charge in [-0.25, -0.2) is 0 Å². The zero-order valence-electron chi connectivity index (χ0n) is 26.6. The van der Waals surface area contributed by atoms with Crippen LogP contribution in [0.3, 0.4) is 0 Å². The molecule has 0 aromatic heterocycles. The number of thioether (sulfide) groups is 1. The molecule has 49 heavy (non-hydrogen) atoms. The van der Waals surface area contributed by atoms with Gasteiger partial charge >= 0.3 is 0 Å². The van der Waals surface area contributed by atoms with Crippen molar-refractivity contribution in [2.24, 2.45) is 0 Å². The molecule has 0 saturated carbocycles. The summed E-state index contributed by atoms with van der Waals surface area (Å²) in [6.45, 7) is 2.47. The lowest BCUT2D eigenvalue weighted by atomic mass is 10.1. The van der Waals surface area contributed by atoms with Crippen LogP contribution in [0.25, 0.3) is 6.08 Å². The smallest absolute Gasteiger partial charge is 0.272 e. The Kier molecular flexibility index (Phi) is 10.6. The van der Waals surface area contributed by atoms with Gasteiger partial charge < -0.3 is 30.2 Å². The molecule has 0 saturated heterocycles. The van der Waals surface area contributed by atoms with Gasteiger partial charge in [-0.1, -0.05) is 66.7 Å². The average Bonchev–Trinajstić information content (AvgIpc) is 3.60. The van der Waals surface area contributed by atoms with Crippen molar-refractivity contribution in [3.63, 3.8) is 0 Å². The molecule has 0 bridgehead atoms. The normalized spacial score (nSPS) is 12.5.